The number of aryl methyl sites for hydroxylation is 1. The van der Waals surface area contributed by atoms with Crippen molar-refractivity contribution in [1.82, 2.24) is 0 Å². The monoisotopic (exact) mass is 214 g/mol. The molecule has 2 aromatic rings. The lowest BCUT2D eigenvalue weighted by molar-refractivity contribution is -0.671. The molecule has 2 rings (SSSR count). The molecule has 0 amide bonds. The van der Waals surface area contributed by atoms with Crippen molar-refractivity contribution < 1.29 is 14.1 Å². The number of benzene rings is 1. The topological polar surface area (TPSA) is 30.2 Å². The van der Waals surface area contributed by atoms with Gasteiger partial charge in [-0.15, -0.1) is 0 Å². The number of rotatable bonds is 2. The van der Waals surface area contributed by atoms with Crippen LogP contribution in [0.15, 0.2) is 54.9 Å². The first kappa shape index (κ1) is 10.4. The predicted octanol–water partition coefficient (Wildman–Crippen LogP) is 1.73. The zero-order valence-corrected chi connectivity index (χ0v) is 8.96. The van der Waals surface area contributed by atoms with Gasteiger partial charge in [0, 0.05) is 12.1 Å². The number of hydrogen-bond acceptors (Lipinski definition) is 2. The normalized spacial score (nSPS) is 9.81. The Morgan fingerprint density at radius 3 is 2.31 bits per heavy atom. The molecule has 0 spiro atoms. The molecule has 1 heterocycles. The summed E-state index contributed by atoms with van der Waals surface area (Å²) in [4.78, 5) is 11.7. The third kappa shape index (κ3) is 2.45. The summed E-state index contributed by atoms with van der Waals surface area (Å²) in [6.45, 7) is 0. The lowest BCUT2D eigenvalue weighted by atomic mass is 10.2. The van der Waals surface area contributed by atoms with Gasteiger partial charge >= 0.3 is 5.97 Å². The Morgan fingerprint density at radius 2 is 1.69 bits per heavy atom. The maximum absolute atomic E-state index is 11.7. The predicted molar refractivity (Wildman–Crippen MR) is 59.0 cm³/mol. The molecule has 1 aromatic heterocycles. The van der Waals surface area contributed by atoms with Crippen molar-refractivity contribution in [2.24, 2.45) is 7.05 Å². The molecular weight excluding hydrogens is 202 g/mol. The number of aromatic nitrogens is 1. The molecule has 16 heavy (non-hydrogen) atoms. The molecule has 3 heteroatoms. The van der Waals surface area contributed by atoms with Gasteiger partial charge in [0.05, 0.1) is 5.56 Å². The van der Waals surface area contributed by atoms with Crippen molar-refractivity contribution >= 4 is 5.97 Å². The van der Waals surface area contributed by atoms with E-state index in [1.807, 2.05) is 42.2 Å². The number of carbonyl (C=O) groups excluding carboxylic acids is 1. The fourth-order valence-electron chi connectivity index (χ4n) is 1.30. The van der Waals surface area contributed by atoms with E-state index in [1.165, 1.54) is 0 Å². The molecule has 0 atom stereocenters. The van der Waals surface area contributed by atoms with E-state index in [9.17, 15) is 4.79 Å². The molecule has 80 valence electrons. The minimum absolute atomic E-state index is 0.338. The molecule has 0 saturated heterocycles. The molecule has 0 unspecified atom stereocenters. The fraction of sp³-hybridized carbons (Fsp3) is 0.0769. The molecule has 0 aliphatic rings. The van der Waals surface area contributed by atoms with Gasteiger partial charge in [-0.05, 0) is 12.1 Å². The first-order valence-corrected chi connectivity index (χ1v) is 4.98. The Morgan fingerprint density at radius 1 is 1.06 bits per heavy atom. The molecular formula is C13H12NO2+. The largest absolute Gasteiger partial charge is 0.422 e. The van der Waals surface area contributed by atoms with Crippen LogP contribution in [0.5, 0.6) is 5.75 Å². The summed E-state index contributed by atoms with van der Waals surface area (Å²) in [5, 5.41) is 0. The Labute approximate surface area is 93.9 Å². The quantitative estimate of drug-likeness (QED) is 0.563. The molecule has 0 bridgehead atoms. The number of hydrogen-bond donors (Lipinski definition) is 0. The summed E-state index contributed by atoms with van der Waals surface area (Å²) in [5.74, 6) is 0.210. The van der Waals surface area contributed by atoms with E-state index in [4.69, 9.17) is 4.74 Å². The number of esters is 1. The molecule has 1 aromatic carbocycles. The SMILES string of the molecule is C[n+]1ccc(OC(=O)c2ccccc2)cc1. The van der Waals surface area contributed by atoms with Gasteiger partial charge in [0.15, 0.2) is 12.4 Å². The van der Waals surface area contributed by atoms with Crippen LogP contribution in [0.3, 0.4) is 0 Å². The van der Waals surface area contributed by atoms with Crippen LogP contribution in [0.4, 0.5) is 0 Å². The van der Waals surface area contributed by atoms with Gasteiger partial charge in [0.25, 0.3) is 0 Å². The van der Waals surface area contributed by atoms with Crippen LogP contribution >= 0.6 is 0 Å². The van der Waals surface area contributed by atoms with Crippen molar-refractivity contribution in [3.05, 3.63) is 60.4 Å². The van der Waals surface area contributed by atoms with Crippen LogP contribution < -0.4 is 9.30 Å². The van der Waals surface area contributed by atoms with E-state index in [1.54, 1.807) is 24.3 Å². The summed E-state index contributed by atoms with van der Waals surface area (Å²) >= 11 is 0. The van der Waals surface area contributed by atoms with Crippen LogP contribution in [-0.4, -0.2) is 5.97 Å². The fourth-order valence-corrected chi connectivity index (χ4v) is 1.30. The smallest absolute Gasteiger partial charge is 0.343 e. The van der Waals surface area contributed by atoms with Crippen LogP contribution in [0.2, 0.25) is 0 Å². The molecule has 0 radical (unpaired) electrons. The first-order valence-electron chi connectivity index (χ1n) is 4.98. The minimum Gasteiger partial charge on any atom is -0.422 e. The van der Waals surface area contributed by atoms with Crippen molar-refractivity contribution in [2.45, 2.75) is 0 Å². The first-order chi connectivity index (χ1) is 7.75. The van der Waals surface area contributed by atoms with Gasteiger partial charge in [-0.3, -0.25) is 0 Å². The summed E-state index contributed by atoms with van der Waals surface area (Å²) in [5.41, 5.74) is 0.552. The highest BCUT2D eigenvalue weighted by Gasteiger charge is 2.07. The van der Waals surface area contributed by atoms with Crippen LogP contribution in [0, 0.1) is 0 Å². The second-order valence-electron chi connectivity index (χ2n) is 3.45. The standard InChI is InChI=1S/C13H12NO2/c1-14-9-7-12(8-10-14)16-13(15)11-5-3-2-4-6-11/h2-10H,1H3/q+1. The number of carbonyl (C=O) groups is 1. The van der Waals surface area contributed by atoms with Crippen molar-refractivity contribution in [3.63, 3.8) is 0 Å². The van der Waals surface area contributed by atoms with E-state index in [0.717, 1.165) is 0 Å². The summed E-state index contributed by atoms with van der Waals surface area (Å²) < 4.78 is 7.08. The average molecular weight is 214 g/mol. The summed E-state index contributed by atoms with van der Waals surface area (Å²) in [7, 11) is 1.91. The third-order valence-electron chi connectivity index (χ3n) is 2.17. The molecule has 0 saturated carbocycles. The van der Waals surface area contributed by atoms with E-state index in [-0.39, 0.29) is 5.97 Å². The van der Waals surface area contributed by atoms with Gasteiger partial charge in [-0.25, -0.2) is 9.36 Å². The number of nitrogens with zero attached hydrogens (tertiary/aromatic N) is 1. The van der Waals surface area contributed by atoms with Gasteiger partial charge in [0.2, 0.25) is 0 Å². The summed E-state index contributed by atoms with van der Waals surface area (Å²) in [6, 6.07) is 12.4. The Balaban J connectivity index is 2.11. The highest BCUT2D eigenvalue weighted by molar-refractivity contribution is 5.90. The van der Waals surface area contributed by atoms with E-state index < -0.39 is 0 Å². The van der Waals surface area contributed by atoms with Gasteiger partial charge in [0.1, 0.15) is 12.8 Å². The van der Waals surface area contributed by atoms with Gasteiger partial charge in [-0.2, -0.15) is 0 Å². The lowest BCUT2D eigenvalue weighted by Gasteiger charge is -2.02. The van der Waals surface area contributed by atoms with Crippen molar-refractivity contribution in [1.29, 1.82) is 0 Å². The highest BCUT2D eigenvalue weighted by Crippen LogP contribution is 2.09. The van der Waals surface area contributed by atoms with Crippen LogP contribution in [0.1, 0.15) is 10.4 Å². The van der Waals surface area contributed by atoms with E-state index in [0.29, 0.717) is 11.3 Å². The van der Waals surface area contributed by atoms with Crippen molar-refractivity contribution in [3.8, 4) is 5.75 Å². The Hall–Kier alpha value is -2.16. The van der Waals surface area contributed by atoms with Gasteiger partial charge < -0.3 is 4.74 Å². The van der Waals surface area contributed by atoms with Crippen molar-refractivity contribution in [2.75, 3.05) is 0 Å². The number of pyridine rings is 1. The minimum atomic E-state index is -0.338. The Kier molecular flexibility index (Phi) is 2.96. The van der Waals surface area contributed by atoms with E-state index in [2.05, 4.69) is 0 Å². The zero-order valence-electron chi connectivity index (χ0n) is 8.96. The second-order valence-corrected chi connectivity index (χ2v) is 3.45. The average Bonchev–Trinajstić information content (AvgIpc) is 2.33. The molecule has 0 fully saturated rings. The maximum atomic E-state index is 11.7. The van der Waals surface area contributed by atoms with E-state index >= 15 is 0 Å². The molecule has 0 aliphatic heterocycles. The molecule has 3 nitrogen and oxygen atoms in total. The maximum Gasteiger partial charge on any atom is 0.343 e. The third-order valence-corrected chi connectivity index (χ3v) is 2.17. The number of ether oxygens (including phenoxy) is 1. The zero-order chi connectivity index (χ0) is 11.4. The highest BCUT2D eigenvalue weighted by atomic mass is 16.5. The van der Waals surface area contributed by atoms with Crippen LogP contribution in [-0.2, 0) is 7.05 Å². The second kappa shape index (κ2) is 4.57. The molecule has 0 aliphatic carbocycles. The summed E-state index contributed by atoms with van der Waals surface area (Å²) in [6.07, 6.45) is 3.65. The van der Waals surface area contributed by atoms with Crippen LogP contribution in [0.25, 0.3) is 0 Å². The lowest BCUT2D eigenvalue weighted by Crippen LogP contribution is -2.25. The Bertz CT molecular complexity index is 477. The van der Waals surface area contributed by atoms with Gasteiger partial charge in [-0.1, -0.05) is 18.2 Å². The molecule has 0 N–H and O–H groups in total.